The van der Waals surface area contributed by atoms with Gasteiger partial charge in [0.15, 0.2) is 0 Å². The van der Waals surface area contributed by atoms with Crippen molar-refractivity contribution in [1.29, 1.82) is 0 Å². The molecule has 0 bridgehead atoms. The first-order valence-corrected chi connectivity index (χ1v) is 4.52. The first-order chi connectivity index (χ1) is 5.02. The number of alkyl halides is 1. The highest BCUT2D eigenvalue weighted by molar-refractivity contribution is 9.09. The fourth-order valence-corrected chi connectivity index (χ4v) is 0.629. The molecule has 0 fully saturated rings. The van der Waals surface area contributed by atoms with E-state index in [1.165, 1.54) is 0 Å². The quantitative estimate of drug-likeness (QED) is 0.721. The molecule has 0 unspecified atom stereocenters. The van der Waals surface area contributed by atoms with Gasteiger partial charge in [-0.25, -0.2) is 0 Å². The van der Waals surface area contributed by atoms with Crippen LogP contribution in [0.3, 0.4) is 0 Å². The molecule has 66 valence electrons. The van der Waals surface area contributed by atoms with E-state index in [9.17, 15) is 4.79 Å². The lowest BCUT2D eigenvalue weighted by atomic mass is 10.1. The van der Waals surface area contributed by atoms with Crippen LogP contribution in [0.4, 0.5) is 0 Å². The summed E-state index contributed by atoms with van der Waals surface area (Å²) in [6.07, 6.45) is 0. The molecular weight excluding hydrogens is 210 g/mol. The van der Waals surface area contributed by atoms with Crippen molar-refractivity contribution in [3.05, 3.63) is 0 Å². The van der Waals surface area contributed by atoms with Crippen LogP contribution < -0.4 is 5.32 Å². The Morgan fingerprint density at radius 2 is 2.18 bits per heavy atom. The number of nitrogens with one attached hydrogen (secondary N) is 1. The molecule has 1 N–H and O–H groups in total. The average molecular weight is 224 g/mol. The van der Waals surface area contributed by atoms with Gasteiger partial charge in [-0.05, 0) is 13.8 Å². The molecule has 0 spiro atoms. The van der Waals surface area contributed by atoms with Crippen LogP contribution in [0.2, 0.25) is 0 Å². The van der Waals surface area contributed by atoms with Crippen LogP contribution in [-0.4, -0.2) is 30.5 Å². The molecule has 0 atom stereocenters. The van der Waals surface area contributed by atoms with Crippen molar-refractivity contribution in [3.8, 4) is 0 Å². The lowest BCUT2D eigenvalue weighted by Crippen LogP contribution is -2.40. The highest BCUT2D eigenvalue weighted by Crippen LogP contribution is 2.04. The number of ether oxygens (including phenoxy) is 1. The molecule has 0 aromatic heterocycles. The van der Waals surface area contributed by atoms with Crippen LogP contribution in [-0.2, 0) is 9.53 Å². The molecular formula is C7H14BrNO2. The van der Waals surface area contributed by atoms with E-state index in [1.807, 2.05) is 13.8 Å². The van der Waals surface area contributed by atoms with Crippen molar-refractivity contribution in [1.82, 2.24) is 5.32 Å². The summed E-state index contributed by atoms with van der Waals surface area (Å²) in [7, 11) is 1.63. The maximum Gasteiger partial charge on any atom is 0.230 e. The molecule has 0 saturated heterocycles. The monoisotopic (exact) mass is 223 g/mol. The Kier molecular flexibility index (Phi) is 4.68. The first-order valence-electron chi connectivity index (χ1n) is 3.39. The van der Waals surface area contributed by atoms with Gasteiger partial charge in [0.2, 0.25) is 5.91 Å². The maximum atomic E-state index is 10.8. The second kappa shape index (κ2) is 4.72. The van der Waals surface area contributed by atoms with Gasteiger partial charge in [0.05, 0.1) is 10.9 Å². The zero-order valence-corrected chi connectivity index (χ0v) is 8.69. The van der Waals surface area contributed by atoms with Gasteiger partial charge >= 0.3 is 0 Å². The minimum absolute atomic E-state index is 0.0184. The van der Waals surface area contributed by atoms with Gasteiger partial charge in [-0.3, -0.25) is 4.79 Å². The van der Waals surface area contributed by atoms with Gasteiger partial charge in [-0.2, -0.15) is 0 Å². The normalized spacial score (nSPS) is 11.3. The first kappa shape index (κ1) is 10.9. The third kappa shape index (κ3) is 5.21. The molecule has 0 aliphatic carbocycles. The van der Waals surface area contributed by atoms with Crippen LogP contribution in [0.15, 0.2) is 0 Å². The maximum absolute atomic E-state index is 10.8. The Morgan fingerprint density at radius 1 is 1.64 bits per heavy atom. The van der Waals surface area contributed by atoms with E-state index in [1.54, 1.807) is 7.11 Å². The third-order valence-corrected chi connectivity index (χ3v) is 1.89. The molecule has 11 heavy (non-hydrogen) atoms. The highest BCUT2D eigenvalue weighted by atomic mass is 79.9. The molecule has 0 radical (unpaired) electrons. The Labute approximate surface area is 75.6 Å². The summed E-state index contributed by atoms with van der Waals surface area (Å²) in [5.74, 6) is -0.0184. The van der Waals surface area contributed by atoms with Gasteiger partial charge in [-0.1, -0.05) is 15.9 Å². The Balaban J connectivity index is 3.61. The molecule has 0 aromatic carbocycles. The number of amides is 1. The summed E-state index contributed by atoms with van der Waals surface area (Å²) in [5, 5.41) is 3.05. The predicted octanol–water partition coefficient (Wildman–Crippen LogP) is 0.922. The number of hydrogen-bond acceptors (Lipinski definition) is 2. The molecule has 0 rings (SSSR count). The van der Waals surface area contributed by atoms with Crippen molar-refractivity contribution in [3.63, 3.8) is 0 Å². The molecule has 0 aromatic rings. The molecule has 0 saturated carbocycles. The molecule has 0 aliphatic rings. The zero-order valence-electron chi connectivity index (χ0n) is 7.11. The topological polar surface area (TPSA) is 38.3 Å². The van der Waals surface area contributed by atoms with Crippen molar-refractivity contribution < 1.29 is 9.53 Å². The number of carbonyl (C=O) groups is 1. The van der Waals surface area contributed by atoms with Gasteiger partial charge in [0.1, 0.15) is 0 Å². The summed E-state index contributed by atoms with van der Waals surface area (Å²) in [4.78, 5) is 10.8. The average Bonchev–Trinajstić information content (AvgIpc) is 2.00. The second-order valence-corrected chi connectivity index (χ2v) is 3.43. The van der Waals surface area contributed by atoms with Gasteiger partial charge in [0.25, 0.3) is 0 Å². The largest absolute Gasteiger partial charge is 0.377 e. The van der Waals surface area contributed by atoms with E-state index in [-0.39, 0.29) is 11.5 Å². The van der Waals surface area contributed by atoms with E-state index in [4.69, 9.17) is 4.74 Å². The molecule has 1 amide bonds. The minimum atomic E-state index is -0.280. The Bertz CT molecular complexity index is 136. The number of methoxy groups -OCH3 is 1. The van der Waals surface area contributed by atoms with Crippen molar-refractivity contribution in [2.24, 2.45) is 0 Å². The summed E-state index contributed by atoms with van der Waals surface area (Å²) < 4.78 is 5.10. The summed E-state index contributed by atoms with van der Waals surface area (Å²) in [5.41, 5.74) is -0.280. The van der Waals surface area contributed by atoms with Crippen LogP contribution in [0, 0.1) is 0 Å². The summed E-state index contributed by atoms with van der Waals surface area (Å²) in [6, 6.07) is 0. The third-order valence-electron chi connectivity index (χ3n) is 1.39. The number of hydrogen-bond donors (Lipinski definition) is 1. The summed E-state index contributed by atoms with van der Waals surface area (Å²) in [6.45, 7) is 4.37. The number of carbonyl (C=O) groups excluding carboxylic acids is 1. The zero-order chi connectivity index (χ0) is 8.91. The summed E-state index contributed by atoms with van der Waals surface area (Å²) >= 11 is 3.05. The SMILES string of the molecule is COC(C)(C)CNC(=O)CBr. The molecule has 0 heterocycles. The van der Waals surface area contributed by atoms with Crippen LogP contribution in [0.5, 0.6) is 0 Å². The second-order valence-electron chi connectivity index (χ2n) is 2.87. The van der Waals surface area contributed by atoms with E-state index < -0.39 is 0 Å². The Hall–Kier alpha value is -0.0900. The van der Waals surface area contributed by atoms with Crippen LogP contribution in [0.1, 0.15) is 13.8 Å². The number of rotatable bonds is 4. The van der Waals surface area contributed by atoms with E-state index >= 15 is 0 Å². The van der Waals surface area contributed by atoms with E-state index in [0.29, 0.717) is 11.9 Å². The Morgan fingerprint density at radius 3 is 2.55 bits per heavy atom. The fraction of sp³-hybridized carbons (Fsp3) is 0.857. The molecule has 3 nitrogen and oxygen atoms in total. The molecule has 4 heteroatoms. The van der Waals surface area contributed by atoms with E-state index in [2.05, 4.69) is 21.2 Å². The fourth-order valence-electron chi connectivity index (χ4n) is 0.431. The van der Waals surface area contributed by atoms with Crippen molar-refractivity contribution in [2.45, 2.75) is 19.4 Å². The minimum Gasteiger partial charge on any atom is -0.377 e. The van der Waals surface area contributed by atoms with Crippen LogP contribution >= 0.6 is 15.9 Å². The van der Waals surface area contributed by atoms with Crippen LogP contribution in [0.25, 0.3) is 0 Å². The smallest absolute Gasteiger partial charge is 0.230 e. The van der Waals surface area contributed by atoms with Crippen molar-refractivity contribution in [2.75, 3.05) is 19.0 Å². The standard InChI is InChI=1S/C7H14BrNO2/c1-7(2,11-3)5-9-6(10)4-8/h4-5H2,1-3H3,(H,9,10). The van der Waals surface area contributed by atoms with Crippen molar-refractivity contribution >= 4 is 21.8 Å². The van der Waals surface area contributed by atoms with Gasteiger partial charge in [0, 0.05) is 13.7 Å². The lowest BCUT2D eigenvalue weighted by molar-refractivity contribution is -0.119. The molecule has 0 aliphatic heterocycles. The van der Waals surface area contributed by atoms with E-state index in [0.717, 1.165) is 0 Å². The highest BCUT2D eigenvalue weighted by Gasteiger charge is 2.16. The van der Waals surface area contributed by atoms with Gasteiger partial charge in [-0.15, -0.1) is 0 Å². The van der Waals surface area contributed by atoms with Gasteiger partial charge < -0.3 is 10.1 Å². The predicted molar refractivity (Wildman–Crippen MR) is 47.9 cm³/mol. The number of halogens is 1. The lowest BCUT2D eigenvalue weighted by Gasteiger charge is -2.22.